The first-order valence-electron chi connectivity index (χ1n) is 6.09. The zero-order chi connectivity index (χ0) is 13.0. The van der Waals surface area contributed by atoms with Crippen molar-refractivity contribution >= 4 is 11.6 Å². The van der Waals surface area contributed by atoms with Gasteiger partial charge in [-0.05, 0) is 31.0 Å². The minimum Gasteiger partial charge on any atom is -0.327 e. The monoisotopic (exact) mass is 234 g/mol. The zero-order valence-corrected chi connectivity index (χ0v) is 11.1. The highest BCUT2D eigenvalue weighted by Gasteiger charge is 2.21. The highest BCUT2D eigenvalue weighted by atomic mass is 16.2. The van der Waals surface area contributed by atoms with Crippen LogP contribution in [0.1, 0.15) is 26.3 Å². The number of amides is 1. The molecule has 0 aliphatic heterocycles. The number of nitrogens with zero attached hydrogens (tertiary/aromatic N) is 1. The van der Waals surface area contributed by atoms with Crippen molar-refractivity contribution < 1.29 is 4.79 Å². The topological polar surface area (TPSA) is 46.3 Å². The van der Waals surface area contributed by atoms with Gasteiger partial charge in [0.15, 0.2) is 0 Å². The van der Waals surface area contributed by atoms with E-state index in [1.165, 1.54) is 5.56 Å². The van der Waals surface area contributed by atoms with E-state index >= 15 is 0 Å². The van der Waals surface area contributed by atoms with Crippen molar-refractivity contribution in [1.29, 1.82) is 0 Å². The van der Waals surface area contributed by atoms with Gasteiger partial charge in [0, 0.05) is 18.8 Å². The van der Waals surface area contributed by atoms with Crippen LogP contribution in [-0.4, -0.2) is 19.0 Å². The average Bonchev–Trinajstić information content (AvgIpc) is 2.36. The van der Waals surface area contributed by atoms with E-state index in [4.69, 9.17) is 5.73 Å². The highest BCUT2D eigenvalue weighted by Crippen LogP contribution is 2.17. The molecule has 0 radical (unpaired) electrons. The van der Waals surface area contributed by atoms with Gasteiger partial charge >= 0.3 is 0 Å². The predicted octanol–water partition coefficient (Wildman–Crippen LogP) is 2.20. The summed E-state index contributed by atoms with van der Waals surface area (Å²) in [5.74, 6) is -0.102. The molecule has 94 valence electrons. The van der Waals surface area contributed by atoms with Crippen molar-refractivity contribution in [2.45, 2.75) is 33.2 Å². The zero-order valence-electron chi connectivity index (χ0n) is 11.1. The number of aryl methyl sites for hydroxylation is 1. The number of rotatable bonds is 4. The molecule has 1 aromatic rings. The van der Waals surface area contributed by atoms with Crippen molar-refractivity contribution in [1.82, 2.24) is 0 Å². The van der Waals surface area contributed by atoms with Crippen LogP contribution in [0.3, 0.4) is 0 Å². The molecule has 1 rings (SSSR count). The highest BCUT2D eigenvalue weighted by molar-refractivity contribution is 5.94. The van der Waals surface area contributed by atoms with Gasteiger partial charge in [0.2, 0.25) is 5.91 Å². The largest absolute Gasteiger partial charge is 0.327 e. The lowest BCUT2D eigenvalue weighted by atomic mass is 10.0. The number of carbonyl (C=O) groups is 1. The third-order valence-electron chi connectivity index (χ3n) is 3.24. The molecular weight excluding hydrogens is 212 g/mol. The number of hydrogen-bond donors (Lipinski definition) is 1. The van der Waals surface area contributed by atoms with Gasteiger partial charge < -0.3 is 10.6 Å². The van der Waals surface area contributed by atoms with Crippen molar-refractivity contribution in [2.75, 3.05) is 11.9 Å². The number of hydrogen-bond acceptors (Lipinski definition) is 2. The second-order valence-corrected chi connectivity index (χ2v) is 4.57. The Morgan fingerprint density at radius 2 is 1.82 bits per heavy atom. The average molecular weight is 234 g/mol. The molecule has 2 atom stereocenters. The first kappa shape index (κ1) is 13.7. The molecule has 17 heavy (non-hydrogen) atoms. The number of nitrogens with two attached hydrogens (primary N) is 1. The summed E-state index contributed by atoms with van der Waals surface area (Å²) in [6.07, 6.45) is 1.01. The number of anilines is 1. The molecule has 1 amide bonds. The summed E-state index contributed by atoms with van der Waals surface area (Å²) in [6, 6.07) is 7.93. The first-order valence-corrected chi connectivity index (χ1v) is 6.09. The van der Waals surface area contributed by atoms with E-state index in [1.807, 2.05) is 26.0 Å². The fraction of sp³-hybridized carbons (Fsp3) is 0.500. The summed E-state index contributed by atoms with van der Waals surface area (Å²) in [6.45, 7) is 5.84. The van der Waals surface area contributed by atoms with Gasteiger partial charge in [-0.1, -0.05) is 26.0 Å². The lowest BCUT2D eigenvalue weighted by Crippen LogP contribution is -2.39. The summed E-state index contributed by atoms with van der Waals surface area (Å²) in [5, 5.41) is 0. The molecular formula is C14H22N2O. The Bertz CT molecular complexity index is 370. The van der Waals surface area contributed by atoms with Gasteiger partial charge in [0.1, 0.15) is 0 Å². The van der Waals surface area contributed by atoms with Gasteiger partial charge in [-0.3, -0.25) is 4.79 Å². The van der Waals surface area contributed by atoms with Gasteiger partial charge in [-0.2, -0.15) is 0 Å². The van der Waals surface area contributed by atoms with Crippen molar-refractivity contribution in [3.63, 3.8) is 0 Å². The molecule has 0 saturated carbocycles. The molecule has 0 spiro atoms. The van der Waals surface area contributed by atoms with Crippen LogP contribution in [-0.2, 0) is 11.2 Å². The van der Waals surface area contributed by atoms with Crippen LogP contribution in [0.5, 0.6) is 0 Å². The fourth-order valence-corrected chi connectivity index (χ4v) is 1.61. The van der Waals surface area contributed by atoms with E-state index in [2.05, 4.69) is 19.1 Å². The van der Waals surface area contributed by atoms with Crippen molar-refractivity contribution in [3.8, 4) is 0 Å². The molecule has 2 unspecified atom stereocenters. The van der Waals surface area contributed by atoms with Crippen molar-refractivity contribution in [2.24, 2.45) is 11.7 Å². The lowest BCUT2D eigenvalue weighted by Gasteiger charge is -2.23. The maximum absolute atomic E-state index is 12.1. The Kier molecular flexibility index (Phi) is 4.70. The molecule has 1 aromatic carbocycles. The van der Waals surface area contributed by atoms with Crippen molar-refractivity contribution in [3.05, 3.63) is 29.8 Å². The molecule has 2 N–H and O–H groups in total. The Balaban J connectivity index is 2.81. The van der Waals surface area contributed by atoms with E-state index < -0.39 is 0 Å². The third kappa shape index (κ3) is 3.30. The van der Waals surface area contributed by atoms with Gasteiger partial charge in [-0.25, -0.2) is 0 Å². The Hall–Kier alpha value is -1.35. The van der Waals surface area contributed by atoms with E-state index in [0.717, 1.165) is 12.1 Å². The summed E-state index contributed by atoms with van der Waals surface area (Å²) in [4.78, 5) is 13.8. The molecule has 0 saturated heterocycles. The first-order chi connectivity index (χ1) is 7.97. The van der Waals surface area contributed by atoms with Gasteiger partial charge in [0.05, 0.1) is 5.92 Å². The molecule has 0 fully saturated rings. The molecule has 3 heteroatoms. The third-order valence-corrected chi connectivity index (χ3v) is 3.24. The SMILES string of the molecule is CCc1ccc(N(C)C(=O)C(C)C(C)N)cc1. The molecule has 0 aliphatic carbocycles. The lowest BCUT2D eigenvalue weighted by molar-refractivity contribution is -0.122. The molecule has 0 bridgehead atoms. The van der Waals surface area contributed by atoms with E-state index in [0.29, 0.717) is 0 Å². The van der Waals surface area contributed by atoms with E-state index in [1.54, 1.807) is 11.9 Å². The predicted molar refractivity (Wildman–Crippen MR) is 72.0 cm³/mol. The minimum absolute atomic E-state index is 0.0595. The summed E-state index contributed by atoms with van der Waals surface area (Å²) < 4.78 is 0. The van der Waals surface area contributed by atoms with Crippen LogP contribution < -0.4 is 10.6 Å². The number of carbonyl (C=O) groups excluding carboxylic acids is 1. The molecule has 0 aromatic heterocycles. The molecule has 3 nitrogen and oxygen atoms in total. The van der Waals surface area contributed by atoms with Gasteiger partial charge in [0.25, 0.3) is 0 Å². The normalized spacial score (nSPS) is 14.2. The van der Waals surface area contributed by atoms with Crippen LogP contribution in [0.2, 0.25) is 0 Å². The maximum Gasteiger partial charge on any atom is 0.231 e. The summed E-state index contributed by atoms with van der Waals surface area (Å²) in [7, 11) is 1.79. The molecule has 0 heterocycles. The standard InChI is InChI=1S/C14H22N2O/c1-5-12-6-8-13(9-7-12)16(4)14(17)10(2)11(3)15/h6-11H,5,15H2,1-4H3. The second-order valence-electron chi connectivity index (χ2n) is 4.57. The maximum atomic E-state index is 12.1. The van der Waals surface area contributed by atoms with E-state index in [9.17, 15) is 4.79 Å². The Morgan fingerprint density at radius 1 is 1.29 bits per heavy atom. The summed E-state index contributed by atoms with van der Waals surface area (Å²) >= 11 is 0. The van der Waals surface area contributed by atoms with Crippen LogP contribution in [0.4, 0.5) is 5.69 Å². The summed E-state index contributed by atoms with van der Waals surface area (Å²) in [5.41, 5.74) is 7.94. The quantitative estimate of drug-likeness (QED) is 0.868. The van der Waals surface area contributed by atoms with E-state index in [-0.39, 0.29) is 17.9 Å². The van der Waals surface area contributed by atoms with Crippen LogP contribution in [0.15, 0.2) is 24.3 Å². The van der Waals surface area contributed by atoms with Crippen LogP contribution in [0.25, 0.3) is 0 Å². The Labute approximate surface area is 104 Å². The fourth-order valence-electron chi connectivity index (χ4n) is 1.61. The smallest absolute Gasteiger partial charge is 0.231 e. The second kappa shape index (κ2) is 5.82. The molecule has 0 aliphatic rings. The van der Waals surface area contributed by atoms with Crippen LogP contribution >= 0.6 is 0 Å². The van der Waals surface area contributed by atoms with Crippen LogP contribution in [0, 0.1) is 5.92 Å². The van der Waals surface area contributed by atoms with Gasteiger partial charge in [-0.15, -0.1) is 0 Å². The minimum atomic E-state index is -0.161. The Morgan fingerprint density at radius 3 is 2.24 bits per heavy atom. The number of benzene rings is 1.